The van der Waals surface area contributed by atoms with Gasteiger partial charge in [-0.15, -0.1) is 0 Å². The molecule has 1 aliphatic carbocycles. The van der Waals surface area contributed by atoms with E-state index in [0.29, 0.717) is 6.42 Å². The van der Waals surface area contributed by atoms with Crippen LogP contribution in [0.3, 0.4) is 0 Å². The summed E-state index contributed by atoms with van der Waals surface area (Å²) in [5.74, 6) is -0.214. The molecule has 1 aliphatic rings. The molecular formula is C16H19ClFN5O3. The van der Waals surface area contributed by atoms with Gasteiger partial charge in [0.2, 0.25) is 0 Å². The first kappa shape index (κ1) is 18.4. The number of aromatic nitrogens is 3. The Kier molecular flexibility index (Phi) is 4.51. The second-order valence-electron chi connectivity index (χ2n) is 7.10. The summed E-state index contributed by atoms with van der Waals surface area (Å²) >= 11 is 6.06. The normalized spacial score (nSPS) is 19.3. The van der Waals surface area contributed by atoms with Gasteiger partial charge in [-0.1, -0.05) is 11.6 Å². The number of hydrogen-bond donors (Lipinski definition) is 1. The lowest BCUT2D eigenvalue weighted by molar-refractivity contribution is 0.0587. The molecule has 0 saturated heterocycles. The van der Waals surface area contributed by atoms with Gasteiger partial charge in [-0.25, -0.2) is 14.2 Å². The molecule has 140 valence electrons. The molecule has 1 saturated carbocycles. The zero-order valence-electron chi connectivity index (χ0n) is 14.8. The highest BCUT2D eigenvalue weighted by atomic mass is 35.5. The van der Waals surface area contributed by atoms with Crippen molar-refractivity contribution in [2.45, 2.75) is 45.0 Å². The fourth-order valence-corrected chi connectivity index (χ4v) is 2.48. The first-order valence-electron chi connectivity index (χ1n) is 8.03. The fraction of sp³-hybridized carbons (Fsp3) is 0.500. The molecule has 8 nitrogen and oxygen atoms in total. The first-order valence-corrected chi connectivity index (χ1v) is 8.40. The van der Waals surface area contributed by atoms with Gasteiger partial charge >= 0.3 is 6.09 Å². The molecule has 2 atom stereocenters. The molecule has 0 aromatic carbocycles. The minimum absolute atomic E-state index is 0.0762. The number of fused-ring (bicyclic) bond motifs is 1. The summed E-state index contributed by atoms with van der Waals surface area (Å²) in [5.41, 5.74) is -0.370. The summed E-state index contributed by atoms with van der Waals surface area (Å²) in [6.07, 6.45) is -0.0334. The van der Waals surface area contributed by atoms with Gasteiger partial charge in [-0.3, -0.25) is 9.69 Å². The largest absolute Gasteiger partial charge is 0.443 e. The maximum absolute atomic E-state index is 13.0. The van der Waals surface area contributed by atoms with Crippen LogP contribution in [0.2, 0.25) is 5.15 Å². The van der Waals surface area contributed by atoms with Crippen LogP contribution in [-0.2, 0) is 4.74 Å². The number of halogens is 2. The average Bonchev–Trinajstić information content (AvgIpc) is 3.04. The number of carbonyl (C=O) groups excluding carboxylic acids is 2. The third-order valence-corrected chi connectivity index (χ3v) is 3.90. The topological polar surface area (TPSA) is 88.8 Å². The minimum atomic E-state index is -1.02. The Morgan fingerprint density at radius 1 is 1.46 bits per heavy atom. The lowest BCUT2D eigenvalue weighted by Crippen LogP contribution is -2.35. The van der Waals surface area contributed by atoms with Crippen molar-refractivity contribution in [3.63, 3.8) is 0 Å². The van der Waals surface area contributed by atoms with Crippen LogP contribution in [0.1, 0.15) is 37.6 Å². The molecule has 1 fully saturated rings. The van der Waals surface area contributed by atoms with Crippen molar-refractivity contribution >= 4 is 35.1 Å². The fourth-order valence-electron chi connectivity index (χ4n) is 2.30. The lowest BCUT2D eigenvalue weighted by atomic mass is 10.2. The minimum Gasteiger partial charge on any atom is -0.443 e. The van der Waals surface area contributed by atoms with Crippen LogP contribution in [0.4, 0.5) is 15.0 Å². The van der Waals surface area contributed by atoms with Crippen molar-refractivity contribution in [2.24, 2.45) is 0 Å². The highest BCUT2D eigenvalue weighted by Gasteiger charge is 2.39. The van der Waals surface area contributed by atoms with Crippen molar-refractivity contribution in [1.82, 2.24) is 19.9 Å². The number of ether oxygens (including phenoxy) is 1. The van der Waals surface area contributed by atoms with E-state index >= 15 is 0 Å². The second kappa shape index (κ2) is 6.39. The summed E-state index contributed by atoms with van der Waals surface area (Å²) in [4.78, 5) is 30.0. The number of amides is 2. The Bertz CT molecular complexity index is 879. The third kappa shape index (κ3) is 3.72. The molecule has 0 unspecified atom stereocenters. The zero-order chi connectivity index (χ0) is 19.2. The van der Waals surface area contributed by atoms with Gasteiger partial charge in [0.15, 0.2) is 5.65 Å². The van der Waals surface area contributed by atoms with Crippen LogP contribution < -0.4 is 10.2 Å². The SMILES string of the molecule is CN(C(=O)OC(C)(C)C)c1cc(Cl)nc2c(C(=O)N[C@@H]3C[C@@H]3F)cnn12. The van der Waals surface area contributed by atoms with Crippen molar-refractivity contribution in [2.75, 3.05) is 11.9 Å². The first-order chi connectivity index (χ1) is 12.1. The van der Waals surface area contributed by atoms with Gasteiger partial charge in [-0.05, 0) is 20.8 Å². The number of rotatable bonds is 3. The zero-order valence-corrected chi connectivity index (χ0v) is 15.5. The summed E-state index contributed by atoms with van der Waals surface area (Å²) in [7, 11) is 1.50. The predicted molar refractivity (Wildman–Crippen MR) is 93.4 cm³/mol. The van der Waals surface area contributed by atoms with Gasteiger partial charge in [0, 0.05) is 19.5 Å². The summed E-state index contributed by atoms with van der Waals surface area (Å²) in [6, 6.07) is 0.951. The molecule has 0 radical (unpaired) electrons. The predicted octanol–water partition coefficient (Wildman–Crippen LogP) is 2.59. The Hall–Kier alpha value is -2.42. The van der Waals surface area contributed by atoms with E-state index in [2.05, 4.69) is 15.4 Å². The molecule has 0 spiro atoms. The van der Waals surface area contributed by atoms with Gasteiger partial charge in [0.05, 0.1) is 12.2 Å². The molecule has 0 aliphatic heterocycles. The maximum Gasteiger partial charge on any atom is 0.415 e. The molecule has 2 aromatic heterocycles. The van der Waals surface area contributed by atoms with E-state index < -0.39 is 29.8 Å². The number of carbonyl (C=O) groups is 2. The Morgan fingerprint density at radius 3 is 2.69 bits per heavy atom. The smallest absolute Gasteiger partial charge is 0.415 e. The van der Waals surface area contributed by atoms with Gasteiger partial charge in [0.25, 0.3) is 5.91 Å². The molecule has 1 N–H and O–H groups in total. The molecule has 10 heteroatoms. The number of alkyl halides is 1. The van der Waals surface area contributed by atoms with Gasteiger partial charge in [0.1, 0.15) is 28.3 Å². The molecule has 2 amide bonds. The van der Waals surface area contributed by atoms with Gasteiger partial charge < -0.3 is 10.1 Å². The second-order valence-corrected chi connectivity index (χ2v) is 7.49. The molecule has 2 heterocycles. The van der Waals surface area contributed by atoms with Crippen molar-refractivity contribution in [3.8, 4) is 0 Å². The van der Waals surface area contributed by atoms with Crippen LogP contribution in [-0.4, -0.2) is 51.5 Å². The number of nitrogens with zero attached hydrogens (tertiary/aromatic N) is 4. The molecular weight excluding hydrogens is 365 g/mol. The molecule has 26 heavy (non-hydrogen) atoms. The lowest BCUT2D eigenvalue weighted by Gasteiger charge is -2.24. The summed E-state index contributed by atoms with van der Waals surface area (Å²) in [6.45, 7) is 5.25. The van der Waals surface area contributed by atoms with Crippen molar-refractivity contribution in [1.29, 1.82) is 0 Å². The number of hydrogen-bond acceptors (Lipinski definition) is 5. The quantitative estimate of drug-likeness (QED) is 0.823. The van der Waals surface area contributed by atoms with E-state index in [0.717, 1.165) is 0 Å². The van der Waals surface area contributed by atoms with E-state index in [1.807, 2.05) is 0 Å². The molecule has 3 rings (SSSR count). The molecule has 0 bridgehead atoms. The van der Waals surface area contributed by atoms with Crippen LogP contribution in [0.5, 0.6) is 0 Å². The van der Waals surface area contributed by atoms with Crippen LogP contribution in [0.25, 0.3) is 5.65 Å². The average molecular weight is 384 g/mol. The van der Waals surface area contributed by atoms with E-state index in [-0.39, 0.29) is 22.2 Å². The number of anilines is 1. The van der Waals surface area contributed by atoms with Crippen LogP contribution in [0.15, 0.2) is 12.3 Å². The van der Waals surface area contributed by atoms with Crippen molar-refractivity contribution in [3.05, 3.63) is 23.0 Å². The summed E-state index contributed by atoms with van der Waals surface area (Å²) < 4.78 is 19.7. The Labute approximate surface area is 154 Å². The van der Waals surface area contributed by atoms with Crippen LogP contribution in [0, 0.1) is 0 Å². The van der Waals surface area contributed by atoms with Crippen LogP contribution >= 0.6 is 11.6 Å². The highest BCUT2D eigenvalue weighted by Crippen LogP contribution is 2.27. The standard InChI is InChI=1S/C16H19ClFN5O3/c1-16(2,3)26-15(25)22(4)12-6-11(17)21-13-8(7-19-23(12)13)14(24)20-10-5-9(10)18/h6-7,9-10H,5H2,1-4H3,(H,20,24)/t9-,10+/m0/s1. The number of nitrogens with one attached hydrogen (secondary N) is 1. The van der Waals surface area contributed by atoms with Gasteiger partial charge in [-0.2, -0.15) is 9.61 Å². The molecule has 2 aromatic rings. The Balaban J connectivity index is 1.94. The van der Waals surface area contributed by atoms with Crippen molar-refractivity contribution < 1.29 is 18.7 Å². The third-order valence-electron chi connectivity index (χ3n) is 3.71. The van der Waals surface area contributed by atoms with E-state index in [1.54, 1.807) is 20.8 Å². The van der Waals surface area contributed by atoms with E-state index in [9.17, 15) is 14.0 Å². The highest BCUT2D eigenvalue weighted by molar-refractivity contribution is 6.30. The maximum atomic E-state index is 13.0. The summed E-state index contributed by atoms with van der Waals surface area (Å²) in [5, 5.41) is 6.76. The van der Waals surface area contributed by atoms with E-state index in [1.165, 1.54) is 28.7 Å². The van der Waals surface area contributed by atoms with E-state index in [4.69, 9.17) is 16.3 Å². The Morgan fingerprint density at radius 2 is 2.12 bits per heavy atom. The monoisotopic (exact) mass is 383 g/mol.